The van der Waals surface area contributed by atoms with Crippen molar-refractivity contribution in [3.05, 3.63) is 62.3 Å². The molecule has 1 aliphatic carbocycles. The number of carbonyl (C=O) groups is 2. The summed E-state index contributed by atoms with van der Waals surface area (Å²) in [6.45, 7) is 2.15. The van der Waals surface area contributed by atoms with Gasteiger partial charge in [0.1, 0.15) is 5.00 Å². The van der Waals surface area contributed by atoms with E-state index in [4.69, 9.17) is 4.74 Å². The molecule has 3 heterocycles. The lowest BCUT2D eigenvalue weighted by atomic mass is 9.95. The fourth-order valence-corrected chi connectivity index (χ4v) is 5.64. The zero-order valence-corrected chi connectivity index (χ0v) is 17.8. The van der Waals surface area contributed by atoms with E-state index in [0.717, 1.165) is 31.2 Å². The number of rotatable bonds is 3. The average molecular weight is 438 g/mol. The Morgan fingerprint density at radius 3 is 2.71 bits per heavy atom. The number of nitrogens with one attached hydrogen (secondary N) is 2. The Hall–Kier alpha value is -2.97. The van der Waals surface area contributed by atoms with Crippen molar-refractivity contribution >= 4 is 39.1 Å². The topological polar surface area (TPSA) is 91.5 Å². The second kappa shape index (κ2) is 8.28. The maximum absolute atomic E-state index is 13.4. The van der Waals surface area contributed by atoms with Crippen LogP contribution in [0.15, 0.2) is 35.1 Å². The van der Waals surface area contributed by atoms with Crippen LogP contribution in [0.25, 0.3) is 10.9 Å². The number of aromatic amines is 1. The molecule has 1 saturated heterocycles. The molecule has 0 atom stereocenters. The molecule has 2 aromatic heterocycles. The average Bonchev–Trinajstić information content (AvgIpc) is 3.16. The van der Waals surface area contributed by atoms with Gasteiger partial charge in [-0.3, -0.25) is 14.4 Å². The number of carbonyl (C=O) groups excluding carboxylic acids is 2. The molecule has 31 heavy (non-hydrogen) atoms. The lowest BCUT2D eigenvalue weighted by molar-refractivity contribution is 0.0303. The second-order valence-electron chi connectivity index (χ2n) is 7.87. The first kappa shape index (κ1) is 20.0. The predicted molar refractivity (Wildman–Crippen MR) is 120 cm³/mol. The molecule has 3 aromatic rings. The number of aryl methyl sites for hydroxylation is 1. The number of hydrogen-bond donors (Lipinski definition) is 2. The van der Waals surface area contributed by atoms with Crippen LogP contribution in [0.4, 0.5) is 5.00 Å². The second-order valence-corrected chi connectivity index (χ2v) is 8.97. The highest BCUT2D eigenvalue weighted by atomic mass is 32.1. The third kappa shape index (κ3) is 3.77. The molecule has 0 unspecified atom stereocenters. The number of pyridine rings is 1. The number of amides is 2. The molecule has 1 aliphatic heterocycles. The number of thiophene rings is 1. The van der Waals surface area contributed by atoms with Gasteiger partial charge in [-0.05, 0) is 37.3 Å². The van der Waals surface area contributed by atoms with Crippen LogP contribution in [0, 0.1) is 0 Å². The number of H-pyrrole nitrogens is 1. The Labute approximate surface area is 183 Å². The van der Waals surface area contributed by atoms with Crippen molar-refractivity contribution in [1.82, 2.24) is 9.88 Å². The molecule has 1 fully saturated rings. The zero-order valence-electron chi connectivity index (χ0n) is 17.0. The summed E-state index contributed by atoms with van der Waals surface area (Å²) in [4.78, 5) is 44.5. The predicted octanol–water partition coefficient (Wildman–Crippen LogP) is 3.19. The van der Waals surface area contributed by atoms with E-state index in [9.17, 15) is 14.4 Å². The quantitative estimate of drug-likeness (QED) is 0.658. The normalized spacial score (nSPS) is 16.2. The molecule has 5 rings (SSSR count). The summed E-state index contributed by atoms with van der Waals surface area (Å²) >= 11 is 1.49. The standard InChI is InChI=1S/C23H23N3O4S/c27-19-13-16(14-5-1-3-7-17(14)24-19)21(28)25-22-20(15-6-2-4-8-18(15)31-22)23(29)26-9-11-30-12-10-26/h1,3,5,7,13H,2,4,6,8-12H2,(H,24,27)(H,25,28). The van der Waals surface area contributed by atoms with Crippen molar-refractivity contribution in [3.63, 3.8) is 0 Å². The van der Waals surface area contributed by atoms with E-state index >= 15 is 0 Å². The third-order valence-electron chi connectivity index (χ3n) is 5.91. The molecular formula is C23H23N3O4S. The summed E-state index contributed by atoms with van der Waals surface area (Å²) in [5.41, 5.74) is 2.26. The summed E-state index contributed by atoms with van der Waals surface area (Å²) in [7, 11) is 0. The maximum Gasteiger partial charge on any atom is 0.257 e. The number of anilines is 1. The van der Waals surface area contributed by atoms with E-state index in [1.807, 2.05) is 12.1 Å². The summed E-state index contributed by atoms with van der Waals surface area (Å²) in [6.07, 6.45) is 3.90. The number of aromatic nitrogens is 1. The van der Waals surface area contributed by atoms with E-state index in [2.05, 4.69) is 10.3 Å². The number of ether oxygens (including phenoxy) is 1. The number of fused-ring (bicyclic) bond motifs is 2. The monoisotopic (exact) mass is 437 g/mol. The van der Waals surface area contributed by atoms with E-state index in [1.54, 1.807) is 17.0 Å². The molecule has 0 radical (unpaired) electrons. The fourth-order valence-electron chi connectivity index (χ4n) is 4.37. The first-order valence-electron chi connectivity index (χ1n) is 10.6. The number of benzene rings is 1. The molecule has 0 saturated carbocycles. The van der Waals surface area contributed by atoms with Crippen molar-refractivity contribution in [3.8, 4) is 0 Å². The SMILES string of the molecule is O=C(Nc1sc2c(c1C(=O)N1CCOCC1)CCCC2)c1cc(=O)[nH]c2ccccc12. The molecular weight excluding hydrogens is 414 g/mol. The van der Waals surface area contributed by atoms with E-state index in [-0.39, 0.29) is 17.4 Å². The summed E-state index contributed by atoms with van der Waals surface area (Å²) < 4.78 is 5.39. The van der Waals surface area contributed by atoms with Crippen molar-refractivity contribution in [2.75, 3.05) is 31.6 Å². The van der Waals surface area contributed by atoms with E-state index < -0.39 is 0 Å². The van der Waals surface area contributed by atoms with Crippen molar-refractivity contribution in [2.45, 2.75) is 25.7 Å². The Morgan fingerprint density at radius 2 is 1.87 bits per heavy atom. The first-order valence-corrected chi connectivity index (χ1v) is 11.4. The van der Waals surface area contributed by atoms with Gasteiger partial charge in [-0.1, -0.05) is 18.2 Å². The van der Waals surface area contributed by atoms with Gasteiger partial charge in [0, 0.05) is 34.9 Å². The highest BCUT2D eigenvalue weighted by Gasteiger charge is 2.30. The van der Waals surface area contributed by atoms with Crippen molar-refractivity contribution in [2.24, 2.45) is 0 Å². The van der Waals surface area contributed by atoms with Crippen LogP contribution < -0.4 is 10.9 Å². The Kier molecular flexibility index (Phi) is 5.33. The van der Waals surface area contributed by atoms with Gasteiger partial charge in [0.05, 0.1) is 24.3 Å². The summed E-state index contributed by atoms with van der Waals surface area (Å²) in [5.74, 6) is -0.425. The van der Waals surface area contributed by atoms with Gasteiger partial charge in [0.25, 0.3) is 11.8 Å². The van der Waals surface area contributed by atoms with Gasteiger partial charge in [-0.25, -0.2) is 0 Å². The number of nitrogens with zero attached hydrogens (tertiary/aromatic N) is 1. The highest BCUT2D eigenvalue weighted by molar-refractivity contribution is 7.17. The Bertz CT molecular complexity index is 1220. The van der Waals surface area contributed by atoms with Crippen molar-refractivity contribution in [1.29, 1.82) is 0 Å². The minimum absolute atomic E-state index is 0.0474. The zero-order chi connectivity index (χ0) is 21.4. The van der Waals surface area contributed by atoms with Crippen molar-refractivity contribution < 1.29 is 14.3 Å². The molecule has 2 aliphatic rings. The van der Waals surface area contributed by atoms with Crippen LogP contribution in [0.3, 0.4) is 0 Å². The van der Waals surface area contributed by atoms with Gasteiger partial charge in [-0.2, -0.15) is 0 Å². The van der Waals surface area contributed by atoms with Crippen LogP contribution in [-0.2, 0) is 17.6 Å². The minimum Gasteiger partial charge on any atom is -0.378 e. The summed E-state index contributed by atoms with van der Waals surface area (Å²) in [5, 5.41) is 4.22. The van der Waals surface area contributed by atoms with Crippen LogP contribution in [-0.4, -0.2) is 48.0 Å². The Morgan fingerprint density at radius 1 is 1.10 bits per heavy atom. The largest absolute Gasteiger partial charge is 0.378 e. The number of para-hydroxylation sites is 1. The minimum atomic E-state index is -0.378. The molecule has 0 spiro atoms. The van der Waals surface area contributed by atoms with Crippen LogP contribution >= 0.6 is 11.3 Å². The Balaban J connectivity index is 1.54. The highest BCUT2D eigenvalue weighted by Crippen LogP contribution is 2.39. The number of morpholine rings is 1. The summed E-state index contributed by atoms with van der Waals surface area (Å²) in [6, 6.07) is 8.53. The molecule has 8 heteroatoms. The molecule has 7 nitrogen and oxygen atoms in total. The van der Waals surface area contributed by atoms with Crippen LogP contribution in [0.2, 0.25) is 0 Å². The van der Waals surface area contributed by atoms with Gasteiger partial charge in [0.15, 0.2) is 0 Å². The third-order valence-corrected chi connectivity index (χ3v) is 7.11. The van der Waals surface area contributed by atoms with Gasteiger partial charge in [0.2, 0.25) is 5.56 Å². The van der Waals surface area contributed by atoms with Crippen LogP contribution in [0.5, 0.6) is 0 Å². The molecule has 2 N–H and O–H groups in total. The van der Waals surface area contributed by atoms with Gasteiger partial charge < -0.3 is 19.9 Å². The lowest BCUT2D eigenvalue weighted by Crippen LogP contribution is -2.41. The van der Waals surface area contributed by atoms with Gasteiger partial charge in [-0.15, -0.1) is 11.3 Å². The van der Waals surface area contributed by atoms with Gasteiger partial charge >= 0.3 is 0 Å². The van der Waals surface area contributed by atoms with Crippen LogP contribution in [0.1, 0.15) is 44.0 Å². The molecule has 160 valence electrons. The molecule has 1 aromatic carbocycles. The maximum atomic E-state index is 13.4. The lowest BCUT2D eigenvalue weighted by Gasteiger charge is -2.27. The van der Waals surface area contributed by atoms with E-state index in [0.29, 0.717) is 53.3 Å². The molecule has 2 amide bonds. The number of hydrogen-bond acceptors (Lipinski definition) is 5. The smallest absolute Gasteiger partial charge is 0.257 e. The van der Waals surface area contributed by atoms with E-state index in [1.165, 1.54) is 22.3 Å². The molecule has 0 bridgehead atoms. The fraction of sp³-hybridized carbons (Fsp3) is 0.348. The first-order chi connectivity index (χ1) is 15.1.